The van der Waals surface area contributed by atoms with E-state index in [1.807, 2.05) is 25.1 Å². The normalized spacial score (nSPS) is 17.1. The van der Waals surface area contributed by atoms with Crippen LogP contribution in [-0.4, -0.2) is 47.3 Å². The van der Waals surface area contributed by atoms with Gasteiger partial charge in [-0.05, 0) is 36.1 Å². The van der Waals surface area contributed by atoms with Gasteiger partial charge >= 0.3 is 0 Å². The van der Waals surface area contributed by atoms with Gasteiger partial charge in [-0.25, -0.2) is 5.48 Å². The molecule has 3 N–H and O–H groups in total. The number of para-hydroxylation sites is 1. The van der Waals surface area contributed by atoms with Gasteiger partial charge in [0.05, 0.1) is 12.5 Å². The Hall–Kier alpha value is -3.11. The predicted octanol–water partition coefficient (Wildman–Crippen LogP) is 3.47. The number of amides is 1. The molecule has 1 aliphatic rings. The van der Waals surface area contributed by atoms with E-state index in [9.17, 15) is 4.79 Å². The van der Waals surface area contributed by atoms with E-state index in [1.165, 1.54) is 22.0 Å². The number of benzene rings is 2. The van der Waals surface area contributed by atoms with Crippen LogP contribution in [0.1, 0.15) is 29.5 Å². The Kier molecular flexibility index (Phi) is 7.23. The first-order chi connectivity index (χ1) is 15.7. The van der Waals surface area contributed by atoms with Gasteiger partial charge in [-0.2, -0.15) is 0 Å². The summed E-state index contributed by atoms with van der Waals surface area (Å²) in [6.45, 7) is 6.07. The maximum atomic E-state index is 11.7. The van der Waals surface area contributed by atoms with Crippen LogP contribution in [0.15, 0.2) is 54.7 Å². The van der Waals surface area contributed by atoms with Crippen molar-refractivity contribution in [1.29, 1.82) is 0 Å². The topological polar surface area (TPSA) is 77.6 Å². The van der Waals surface area contributed by atoms with E-state index >= 15 is 0 Å². The number of hydrogen-bond donors (Lipinski definition) is 3. The molecule has 166 valence electrons. The minimum absolute atomic E-state index is 0.160. The monoisotopic (exact) mass is 431 g/mol. The summed E-state index contributed by atoms with van der Waals surface area (Å²) in [4.78, 5) is 17.5. The van der Waals surface area contributed by atoms with E-state index in [1.54, 1.807) is 5.48 Å². The Morgan fingerprint density at radius 1 is 1.16 bits per heavy atom. The zero-order valence-electron chi connectivity index (χ0n) is 18.3. The molecule has 1 heterocycles. The van der Waals surface area contributed by atoms with Gasteiger partial charge in [0.25, 0.3) is 5.91 Å². The molecule has 0 bridgehead atoms. The summed E-state index contributed by atoms with van der Waals surface area (Å²) in [5, 5.41) is 10.1. The average Bonchev–Trinajstić information content (AvgIpc) is 3.21. The third-order valence-electron chi connectivity index (χ3n) is 5.99. The van der Waals surface area contributed by atoms with Gasteiger partial charge in [-0.1, -0.05) is 54.3 Å². The van der Waals surface area contributed by atoms with Crippen molar-refractivity contribution in [3.63, 3.8) is 0 Å². The van der Waals surface area contributed by atoms with Gasteiger partial charge in [0.1, 0.15) is 5.92 Å². The van der Waals surface area contributed by atoms with E-state index in [0.29, 0.717) is 6.61 Å². The maximum Gasteiger partial charge on any atom is 0.260 e. The van der Waals surface area contributed by atoms with E-state index in [-0.39, 0.29) is 5.92 Å². The van der Waals surface area contributed by atoms with Crippen LogP contribution in [0.2, 0.25) is 0 Å². The fraction of sp³-hybridized carbons (Fsp3) is 0.346. The van der Waals surface area contributed by atoms with Crippen molar-refractivity contribution in [2.45, 2.75) is 25.8 Å². The van der Waals surface area contributed by atoms with Crippen molar-refractivity contribution < 1.29 is 14.7 Å². The van der Waals surface area contributed by atoms with Crippen molar-refractivity contribution in [2.24, 2.45) is 5.92 Å². The third kappa shape index (κ3) is 5.03. The second-order valence-corrected chi connectivity index (χ2v) is 8.04. The number of fused-ring (bicyclic) bond motifs is 1. The van der Waals surface area contributed by atoms with E-state index in [2.05, 4.69) is 58.3 Å². The molecule has 0 aliphatic heterocycles. The molecule has 6 heteroatoms. The summed E-state index contributed by atoms with van der Waals surface area (Å²) >= 11 is 0. The molecule has 1 aromatic heterocycles. The van der Waals surface area contributed by atoms with Crippen LogP contribution in [0, 0.1) is 17.8 Å². The molecular weight excluding hydrogens is 402 g/mol. The minimum Gasteiger partial charge on any atom is -0.380 e. The fourth-order valence-corrected chi connectivity index (χ4v) is 4.13. The van der Waals surface area contributed by atoms with Gasteiger partial charge in [-0.15, -0.1) is 0 Å². The molecule has 0 saturated heterocycles. The Balaban J connectivity index is 1.40. The lowest BCUT2D eigenvalue weighted by molar-refractivity contribution is -0.132. The lowest BCUT2D eigenvalue weighted by Gasteiger charge is -2.24. The number of carbonyl (C=O) groups is 1. The Bertz CT molecular complexity index is 1110. The van der Waals surface area contributed by atoms with Crippen molar-refractivity contribution >= 4 is 16.8 Å². The van der Waals surface area contributed by atoms with Gasteiger partial charge in [-0.3, -0.25) is 14.9 Å². The van der Waals surface area contributed by atoms with E-state index < -0.39 is 11.8 Å². The molecule has 0 radical (unpaired) electrons. The third-order valence-corrected chi connectivity index (χ3v) is 5.99. The number of H-pyrrole nitrogens is 1. The molecule has 0 saturated carbocycles. The quantitative estimate of drug-likeness (QED) is 0.188. The van der Waals surface area contributed by atoms with Gasteiger partial charge in [0, 0.05) is 43.3 Å². The highest BCUT2D eigenvalue weighted by Crippen LogP contribution is 2.30. The first kappa shape index (κ1) is 22.1. The SMILES string of the molecule is CCOCCN(CCc1c[nH]c2ccccc12)Cc1ccc(C2C#CC2C(=O)NO)cc1. The number of nitrogens with one attached hydrogen (secondary N) is 2. The highest BCUT2D eigenvalue weighted by molar-refractivity contribution is 5.84. The second-order valence-electron chi connectivity index (χ2n) is 8.04. The summed E-state index contributed by atoms with van der Waals surface area (Å²) in [7, 11) is 0. The van der Waals surface area contributed by atoms with Crippen LogP contribution in [-0.2, 0) is 22.5 Å². The van der Waals surface area contributed by atoms with Crippen molar-refractivity contribution in [1.82, 2.24) is 15.4 Å². The average molecular weight is 432 g/mol. The van der Waals surface area contributed by atoms with Gasteiger partial charge in [0.2, 0.25) is 0 Å². The molecule has 4 rings (SSSR count). The predicted molar refractivity (Wildman–Crippen MR) is 124 cm³/mol. The number of aromatic nitrogens is 1. The lowest BCUT2D eigenvalue weighted by atomic mass is 9.79. The second kappa shape index (κ2) is 10.5. The number of rotatable bonds is 11. The van der Waals surface area contributed by atoms with Crippen LogP contribution < -0.4 is 5.48 Å². The van der Waals surface area contributed by atoms with Crippen molar-refractivity contribution in [3.05, 3.63) is 71.4 Å². The number of carbonyl (C=O) groups excluding carboxylic acids is 1. The Labute approximate surface area is 188 Å². The number of ether oxygens (including phenoxy) is 1. The Morgan fingerprint density at radius 2 is 1.97 bits per heavy atom. The molecule has 1 amide bonds. The molecule has 2 unspecified atom stereocenters. The highest BCUT2D eigenvalue weighted by Gasteiger charge is 2.32. The molecule has 0 spiro atoms. The largest absolute Gasteiger partial charge is 0.380 e. The molecule has 0 fully saturated rings. The van der Waals surface area contributed by atoms with Crippen LogP contribution in [0.5, 0.6) is 0 Å². The standard InChI is InChI=1S/C26H29N3O3/c1-2-32-16-15-29(14-13-21-17-27-25-6-4-3-5-23(21)25)18-19-7-9-20(10-8-19)22-11-12-24(22)26(30)28-31/h3-10,17,22,24,27,31H,2,13-16,18H2,1H3,(H,28,30). The zero-order valence-corrected chi connectivity index (χ0v) is 18.3. The first-order valence-corrected chi connectivity index (χ1v) is 11.1. The zero-order chi connectivity index (χ0) is 22.3. The minimum atomic E-state index is -0.482. The first-order valence-electron chi connectivity index (χ1n) is 11.1. The Morgan fingerprint density at radius 3 is 2.69 bits per heavy atom. The highest BCUT2D eigenvalue weighted by atomic mass is 16.5. The van der Waals surface area contributed by atoms with Crippen LogP contribution in [0.4, 0.5) is 0 Å². The number of hydroxylamine groups is 1. The van der Waals surface area contributed by atoms with Crippen molar-refractivity contribution in [3.8, 4) is 11.8 Å². The maximum absolute atomic E-state index is 11.7. The number of nitrogens with zero attached hydrogens (tertiary/aromatic N) is 1. The summed E-state index contributed by atoms with van der Waals surface area (Å²) in [5.74, 6) is 4.75. The van der Waals surface area contributed by atoms with Crippen LogP contribution in [0.25, 0.3) is 10.9 Å². The fourth-order valence-electron chi connectivity index (χ4n) is 4.13. The lowest BCUT2D eigenvalue weighted by Crippen LogP contribution is -2.34. The summed E-state index contributed by atoms with van der Waals surface area (Å²) in [6, 6.07) is 16.7. The number of hydrogen-bond acceptors (Lipinski definition) is 4. The molecular formula is C26H29N3O3. The van der Waals surface area contributed by atoms with Crippen molar-refractivity contribution in [2.75, 3.05) is 26.3 Å². The number of aromatic amines is 1. The van der Waals surface area contributed by atoms with E-state index in [0.717, 1.165) is 38.2 Å². The summed E-state index contributed by atoms with van der Waals surface area (Å²) in [5.41, 5.74) is 6.41. The summed E-state index contributed by atoms with van der Waals surface area (Å²) < 4.78 is 5.61. The van der Waals surface area contributed by atoms with Gasteiger partial charge in [0.15, 0.2) is 0 Å². The van der Waals surface area contributed by atoms with Crippen LogP contribution in [0.3, 0.4) is 0 Å². The molecule has 3 aromatic rings. The molecule has 32 heavy (non-hydrogen) atoms. The molecule has 1 aliphatic carbocycles. The molecule has 2 aromatic carbocycles. The van der Waals surface area contributed by atoms with Gasteiger partial charge < -0.3 is 9.72 Å². The molecule has 6 nitrogen and oxygen atoms in total. The van der Waals surface area contributed by atoms with E-state index in [4.69, 9.17) is 9.94 Å². The summed E-state index contributed by atoms with van der Waals surface area (Å²) in [6.07, 6.45) is 3.07. The molecule has 2 atom stereocenters. The van der Waals surface area contributed by atoms with Crippen LogP contribution >= 0.6 is 0 Å². The smallest absolute Gasteiger partial charge is 0.260 e.